The van der Waals surface area contributed by atoms with Crippen molar-refractivity contribution < 1.29 is 18.1 Å². The van der Waals surface area contributed by atoms with Gasteiger partial charge in [-0.15, -0.1) is 0 Å². The van der Waals surface area contributed by atoms with Crippen LogP contribution in [-0.4, -0.2) is 325 Å². The van der Waals surface area contributed by atoms with Gasteiger partial charge in [-0.2, -0.15) is 0 Å². The van der Waals surface area contributed by atoms with Crippen molar-refractivity contribution in [2.24, 2.45) is 0 Å². The molecule has 814 valence electrons. The summed E-state index contributed by atoms with van der Waals surface area (Å²) < 4.78 is 34.8. The Morgan fingerprint density at radius 3 is 1.03 bits per heavy atom. The number of anilines is 7. The molecule has 148 heavy (non-hydrogen) atoms. The van der Waals surface area contributed by atoms with Crippen molar-refractivity contribution in [3.8, 4) is 5.75 Å². The Kier molecular flexibility index (Phi) is 49.2. The van der Waals surface area contributed by atoms with Crippen LogP contribution in [0.2, 0.25) is 5.02 Å². The highest BCUT2D eigenvalue weighted by Crippen LogP contribution is 2.34. The van der Waals surface area contributed by atoms with E-state index < -0.39 is 0 Å². The van der Waals surface area contributed by atoms with Crippen LogP contribution >= 0.6 is 11.6 Å². The zero-order valence-corrected chi connectivity index (χ0v) is 97.9. The molecule has 7 saturated heterocycles. The van der Waals surface area contributed by atoms with Gasteiger partial charge in [0.1, 0.15) is 17.4 Å². The van der Waals surface area contributed by atoms with E-state index in [1.807, 2.05) is 30.3 Å². The molecule has 9 aliphatic heterocycles. The van der Waals surface area contributed by atoms with Gasteiger partial charge in [0.25, 0.3) is 0 Å². The molecule has 0 saturated carbocycles. The molecular formula is C127H195ClF2N17O+. The van der Waals surface area contributed by atoms with Gasteiger partial charge in [0, 0.05) is 302 Å². The van der Waals surface area contributed by atoms with Crippen LogP contribution in [0.4, 0.5) is 54.3 Å². The van der Waals surface area contributed by atoms with Gasteiger partial charge in [-0.25, -0.2) is 13.4 Å². The van der Waals surface area contributed by atoms with Crippen molar-refractivity contribution >= 4 is 63.3 Å². The van der Waals surface area contributed by atoms with Gasteiger partial charge in [-0.1, -0.05) is 149 Å². The third kappa shape index (κ3) is 37.4. The predicted octanol–water partition coefficient (Wildman–Crippen LogP) is 24.3. The number of aryl methyl sites for hydroxylation is 8. The summed E-state index contributed by atoms with van der Waals surface area (Å²) in [6, 6.07) is 73.3. The molecule has 2 unspecified atom stereocenters. The van der Waals surface area contributed by atoms with Crippen molar-refractivity contribution in [3.05, 3.63) is 266 Å². The first-order valence-electron chi connectivity index (χ1n) is 56.4. The molecule has 7 fully saturated rings. The van der Waals surface area contributed by atoms with Gasteiger partial charge in [-0.05, 0) is 289 Å². The normalized spacial score (nSPS) is 18.7. The maximum atomic E-state index is 13.7. The minimum atomic E-state index is -0.245. The van der Waals surface area contributed by atoms with E-state index in [2.05, 4.69) is 423 Å². The van der Waals surface area contributed by atoms with Crippen LogP contribution in [0.25, 0.3) is 0 Å². The number of piperazine rings is 7. The van der Waals surface area contributed by atoms with E-state index in [1.165, 1.54) is 162 Å². The van der Waals surface area contributed by atoms with E-state index in [-0.39, 0.29) is 11.6 Å². The number of hydrogen-bond acceptors (Lipinski definition) is 17. The molecule has 0 spiro atoms. The van der Waals surface area contributed by atoms with Crippen molar-refractivity contribution in [2.75, 3.05) is 238 Å². The number of benzene rings is 9. The van der Waals surface area contributed by atoms with Crippen LogP contribution in [0, 0.1) is 67.0 Å². The summed E-state index contributed by atoms with van der Waals surface area (Å²) in [6.07, 6.45) is 3.52. The molecule has 0 amide bonds. The van der Waals surface area contributed by atoms with E-state index in [1.54, 1.807) is 24.8 Å². The number of hydrogen-bond donors (Lipinski definition) is 0. The second-order valence-electron chi connectivity index (χ2n) is 45.2. The summed E-state index contributed by atoms with van der Waals surface area (Å²) in [5.74, 6) is 0.219. The lowest BCUT2D eigenvalue weighted by molar-refractivity contribution is -0.444. The van der Waals surface area contributed by atoms with E-state index in [0.29, 0.717) is 72.2 Å². The Morgan fingerprint density at radius 2 is 0.649 bits per heavy atom. The van der Waals surface area contributed by atoms with Crippen LogP contribution in [-0.2, 0) is 13.0 Å². The van der Waals surface area contributed by atoms with Crippen LogP contribution < -0.4 is 39.0 Å². The fourth-order valence-electron chi connectivity index (χ4n) is 21.6. The van der Waals surface area contributed by atoms with E-state index in [9.17, 15) is 8.78 Å². The smallest absolute Gasteiger partial charge is 0.204 e. The zero-order chi connectivity index (χ0) is 108. The number of para-hydroxylation sites is 3. The standard InChI is InChI=1S/C16H25FN2O.2C15H24N2.C14H22N2.C14H21N2.C14H22N2.C13H19ClN2.C13H19FN2.C13H19N/c1-11(2)18-9-12(3)19(13(4)10-18)15-6-14(17)7-16(8-15)20-5;2*1-12(2)16-7-9-17(10-8-16)15-6-5-13(3)11-14(15)4;2*1-12(2)15-8-10-16(11-9-15)14-6-4-13(3)5-7-14;1-12(2)15-8-10-16(11-9-15)14-7-5-4-6-13(14)3;2*1-11(2)15-7-9-16(10-8-15)13-6-4-3-5-12(13)14;1-10(2)14-7-6-12-8-11(3)4-5-13(12)9-14/h6-8,11-13H,9-10H2,1-5H3;2*5-6,11-12H,7-10H2,1-4H3;4-7,12H,8-11H2,1-3H3;4-7,10,12H,8-9,11H2,1-3H3;4-7,12H,8-11H2,1-3H3;2*3-6,11H,7-10H2,1-2H3;4-5,8,10H,6-7,9H2,1-3H3/q;;;;+1;;;;. The predicted molar refractivity (Wildman–Crippen MR) is 636 cm³/mol. The average molecular weight is 2050 g/mol. The summed E-state index contributed by atoms with van der Waals surface area (Å²) in [5.41, 5.74) is 23.8. The van der Waals surface area contributed by atoms with Gasteiger partial charge < -0.3 is 39.0 Å². The Balaban J connectivity index is 0.000000171. The Bertz CT molecular complexity index is 5110. The second-order valence-corrected chi connectivity index (χ2v) is 45.6. The number of rotatable bonds is 18. The summed E-state index contributed by atoms with van der Waals surface area (Å²) in [6.45, 7) is 97.2. The lowest BCUT2D eigenvalue weighted by Gasteiger charge is -2.47. The Labute approximate surface area is 903 Å². The lowest BCUT2D eigenvalue weighted by atomic mass is 9.97. The van der Waals surface area contributed by atoms with E-state index in [4.69, 9.17) is 16.3 Å². The molecule has 9 heterocycles. The molecule has 0 radical (unpaired) electrons. The molecule has 0 bridgehead atoms. The highest BCUT2D eigenvalue weighted by molar-refractivity contribution is 6.33. The fourth-order valence-corrected chi connectivity index (χ4v) is 21.9. The fraction of sp³-hybridized carbons (Fsp3) is 0.567. The molecule has 9 aromatic rings. The number of ether oxygens (including phenoxy) is 1. The third-order valence-corrected chi connectivity index (χ3v) is 31.7. The quantitative estimate of drug-likeness (QED) is 0.0765. The van der Waals surface area contributed by atoms with Gasteiger partial charge in [0.2, 0.25) is 5.69 Å². The Morgan fingerprint density at radius 1 is 0.297 bits per heavy atom. The second kappa shape index (κ2) is 60.3. The van der Waals surface area contributed by atoms with Crippen molar-refractivity contribution in [1.29, 1.82) is 0 Å². The zero-order valence-electron chi connectivity index (χ0n) is 97.2. The van der Waals surface area contributed by atoms with E-state index in [0.717, 1.165) is 160 Å². The summed E-state index contributed by atoms with van der Waals surface area (Å²) in [4.78, 5) is 39.5. The molecule has 0 aromatic heterocycles. The maximum absolute atomic E-state index is 13.7. The maximum Gasteiger partial charge on any atom is 0.204 e. The molecule has 2 atom stereocenters. The number of nitrogens with zero attached hydrogens (tertiary/aromatic N) is 17. The Hall–Kier alpha value is -9.16. The highest BCUT2D eigenvalue weighted by atomic mass is 35.5. The molecule has 18 rings (SSSR count). The first-order chi connectivity index (χ1) is 70.6. The number of halogens is 3. The third-order valence-electron chi connectivity index (χ3n) is 31.4. The summed E-state index contributed by atoms with van der Waals surface area (Å²) in [7, 11) is 1.57. The lowest BCUT2D eigenvalue weighted by Crippen LogP contribution is -2.58. The van der Waals surface area contributed by atoms with Crippen LogP contribution in [0.3, 0.4) is 0 Å². The average Bonchev–Trinajstić information content (AvgIpc) is 0.795. The van der Waals surface area contributed by atoms with Crippen LogP contribution in [0.1, 0.15) is 194 Å². The van der Waals surface area contributed by atoms with Gasteiger partial charge in [0.15, 0.2) is 12.8 Å². The molecule has 9 aromatic carbocycles. The molecule has 21 heteroatoms. The van der Waals surface area contributed by atoms with Gasteiger partial charge in [-0.3, -0.25) is 44.1 Å². The largest absolute Gasteiger partial charge is 0.497 e. The van der Waals surface area contributed by atoms with Crippen molar-refractivity contribution in [2.45, 2.75) is 273 Å². The topological polar surface area (TPSA) is 64.1 Å². The molecule has 0 N–H and O–H groups in total. The first-order valence-corrected chi connectivity index (χ1v) is 56.8. The first kappa shape index (κ1) is 121. The molecular weight excluding hydrogens is 1850 g/mol. The van der Waals surface area contributed by atoms with Gasteiger partial charge >= 0.3 is 0 Å². The van der Waals surface area contributed by atoms with Crippen LogP contribution in [0.15, 0.2) is 194 Å². The molecule has 18 nitrogen and oxygen atoms in total. The summed E-state index contributed by atoms with van der Waals surface area (Å²) >= 11 is 6.20. The van der Waals surface area contributed by atoms with Crippen molar-refractivity contribution in [1.82, 2.24) is 44.1 Å². The van der Waals surface area contributed by atoms with Crippen molar-refractivity contribution in [3.63, 3.8) is 0 Å². The van der Waals surface area contributed by atoms with Gasteiger partial charge in [0.05, 0.1) is 36.6 Å². The monoisotopic (exact) mass is 2050 g/mol. The van der Waals surface area contributed by atoms with Crippen LogP contribution in [0.5, 0.6) is 5.75 Å². The highest BCUT2D eigenvalue weighted by Gasteiger charge is 2.33. The SMILES string of the molecule is CC(C)N1CCN(c2ccccc2Cl)CC1.CC(C)N1CCN(c2ccccc2F)CC1.COc1cc(F)cc(N2C(C)CN(C(C)C)CC2C)c1.Cc1ccc(N2CCN(C(C)C)CC2)c(C)c1.Cc1ccc(N2CCN(C(C)C)CC2)c(C)c1.Cc1ccc(N2CCN(C(C)C)CC2)cc1.Cc1ccc([N+]2=CCN(C(C)C)CC2)cc1.Cc1ccc2c(c1)CCN(C(C)C)C2.Cc1ccccc1N1CCN(C(C)C)CC1. The minimum absolute atomic E-state index is 0.111. The molecule has 9 aliphatic rings. The number of methoxy groups -OCH3 is 1. The van der Waals surface area contributed by atoms with E-state index >= 15 is 0 Å². The number of fused-ring (bicyclic) bond motifs is 1. The molecule has 0 aliphatic carbocycles. The minimum Gasteiger partial charge on any atom is -0.497 e. The summed E-state index contributed by atoms with van der Waals surface area (Å²) in [5, 5.41) is 0.862.